The zero-order valence-electron chi connectivity index (χ0n) is 16.8. The Morgan fingerprint density at radius 2 is 1.96 bits per heavy atom. The van der Waals surface area contributed by atoms with Crippen LogP contribution in [0.4, 0.5) is 0 Å². The van der Waals surface area contributed by atoms with Gasteiger partial charge in [-0.1, -0.05) is 12.1 Å². The Balaban J connectivity index is 0.00000280. The summed E-state index contributed by atoms with van der Waals surface area (Å²) in [6.07, 6.45) is 3.16. The van der Waals surface area contributed by atoms with Crippen LogP contribution in [0.1, 0.15) is 32.0 Å². The van der Waals surface area contributed by atoms with E-state index in [0.717, 1.165) is 63.3 Å². The van der Waals surface area contributed by atoms with E-state index in [-0.39, 0.29) is 36.4 Å². The number of likely N-dealkylation sites (tertiary alicyclic amines) is 1. The minimum absolute atomic E-state index is 0. The van der Waals surface area contributed by atoms with Crippen molar-refractivity contribution in [1.29, 1.82) is 0 Å². The maximum absolute atomic E-state index is 12.2. The summed E-state index contributed by atoms with van der Waals surface area (Å²) in [7, 11) is 0. The van der Waals surface area contributed by atoms with Gasteiger partial charge in [-0.2, -0.15) is 0 Å². The van der Waals surface area contributed by atoms with Crippen LogP contribution in [0.15, 0.2) is 29.3 Å². The van der Waals surface area contributed by atoms with Crippen LogP contribution in [-0.4, -0.2) is 59.0 Å². The van der Waals surface area contributed by atoms with Crippen LogP contribution in [0, 0.1) is 6.92 Å². The van der Waals surface area contributed by atoms with Crippen LogP contribution >= 0.6 is 24.0 Å². The summed E-state index contributed by atoms with van der Waals surface area (Å²) < 4.78 is 2.25. The van der Waals surface area contributed by atoms with Crippen molar-refractivity contribution < 1.29 is 4.79 Å². The second-order valence-electron chi connectivity index (χ2n) is 6.86. The Hall–Kier alpha value is -1.84. The molecule has 2 aromatic rings. The number of benzene rings is 1. The number of imidazole rings is 1. The highest BCUT2D eigenvalue weighted by molar-refractivity contribution is 14.0. The van der Waals surface area contributed by atoms with E-state index in [0.29, 0.717) is 5.96 Å². The number of aromatic nitrogens is 2. The largest absolute Gasteiger partial charge is 0.357 e. The molecule has 2 heterocycles. The van der Waals surface area contributed by atoms with E-state index in [4.69, 9.17) is 0 Å². The van der Waals surface area contributed by atoms with E-state index in [2.05, 4.69) is 31.2 Å². The smallest absolute Gasteiger partial charge is 0.244 e. The summed E-state index contributed by atoms with van der Waals surface area (Å²) in [5, 5.41) is 6.54. The van der Waals surface area contributed by atoms with E-state index in [1.54, 1.807) is 0 Å². The number of guanidine groups is 1. The van der Waals surface area contributed by atoms with Gasteiger partial charge in [0.2, 0.25) is 5.91 Å². The molecular formula is C20H31IN6O. The minimum Gasteiger partial charge on any atom is -0.357 e. The van der Waals surface area contributed by atoms with Crippen LogP contribution in [0.5, 0.6) is 0 Å². The molecule has 0 bridgehead atoms. The van der Waals surface area contributed by atoms with Crippen molar-refractivity contribution in [3.8, 4) is 0 Å². The van der Waals surface area contributed by atoms with Gasteiger partial charge >= 0.3 is 0 Å². The van der Waals surface area contributed by atoms with Gasteiger partial charge in [-0.3, -0.25) is 4.79 Å². The maximum Gasteiger partial charge on any atom is 0.244 e. The second-order valence-corrected chi connectivity index (χ2v) is 6.86. The first kappa shape index (κ1) is 22.4. The van der Waals surface area contributed by atoms with Crippen molar-refractivity contribution in [3.63, 3.8) is 0 Å². The first-order valence-electron chi connectivity index (χ1n) is 9.91. The van der Waals surface area contributed by atoms with Crippen molar-refractivity contribution in [3.05, 3.63) is 30.1 Å². The number of amides is 1. The molecule has 0 aliphatic carbocycles. The average Bonchev–Trinajstić information content (AvgIpc) is 3.31. The molecule has 1 aliphatic rings. The molecule has 7 nitrogen and oxygen atoms in total. The Labute approximate surface area is 184 Å². The molecule has 28 heavy (non-hydrogen) atoms. The first-order valence-corrected chi connectivity index (χ1v) is 9.91. The molecule has 0 spiro atoms. The molecule has 8 heteroatoms. The third-order valence-electron chi connectivity index (χ3n) is 4.87. The fourth-order valence-electron chi connectivity index (χ4n) is 3.48. The molecule has 1 amide bonds. The number of fused-ring (bicyclic) bond motifs is 1. The molecule has 0 radical (unpaired) electrons. The summed E-state index contributed by atoms with van der Waals surface area (Å²) in [5.41, 5.74) is 2.21. The predicted octanol–water partition coefficient (Wildman–Crippen LogP) is 2.53. The summed E-state index contributed by atoms with van der Waals surface area (Å²) >= 11 is 0. The van der Waals surface area contributed by atoms with Crippen LogP contribution in [0.25, 0.3) is 11.0 Å². The van der Waals surface area contributed by atoms with Crippen LogP contribution in [0.3, 0.4) is 0 Å². The number of nitrogens with one attached hydrogen (secondary N) is 2. The normalized spacial score (nSPS) is 14.2. The van der Waals surface area contributed by atoms with Gasteiger partial charge in [0, 0.05) is 32.7 Å². The highest BCUT2D eigenvalue weighted by Crippen LogP contribution is 2.15. The molecule has 0 atom stereocenters. The zero-order chi connectivity index (χ0) is 19.1. The number of nitrogens with zero attached hydrogens (tertiary/aromatic N) is 4. The summed E-state index contributed by atoms with van der Waals surface area (Å²) in [6, 6.07) is 8.22. The summed E-state index contributed by atoms with van der Waals surface area (Å²) in [4.78, 5) is 23.1. The van der Waals surface area contributed by atoms with Gasteiger partial charge in [0.25, 0.3) is 0 Å². The van der Waals surface area contributed by atoms with E-state index in [1.807, 2.05) is 36.9 Å². The van der Waals surface area contributed by atoms with Crippen molar-refractivity contribution >= 4 is 46.9 Å². The zero-order valence-corrected chi connectivity index (χ0v) is 19.1. The second kappa shape index (κ2) is 11.2. The van der Waals surface area contributed by atoms with Gasteiger partial charge in [0.1, 0.15) is 12.4 Å². The lowest BCUT2D eigenvalue weighted by Crippen LogP contribution is -2.39. The van der Waals surface area contributed by atoms with Crippen molar-refractivity contribution in [2.45, 2.75) is 39.7 Å². The number of halogens is 1. The highest BCUT2D eigenvalue weighted by atomic mass is 127. The average molecular weight is 498 g/mol. The van der Waals surface area contributed by atoms with E-state index in [1.165, 1.54) is 5.52 Å². The molecule has 1 aliphatic heterocycles. The van der Waals surface area contributed by atoms with E-state index < -0.39 is 0 Å². The van der Waals surface area contributed by atoms with Gasteiger partial charge in [0.15, 0.2) is 5.96 Å². The molecule has 0 unspecified atom stereocenters. The molecule has 1 saturated heterocycles. The lowest BCUT2D eigenvalue weighted by atomic mass is 10.3. The molecular weight excluding hydrogens is 467 g/mol. The number of carbonyl (C=O) groups is 1. The van der Waals surface area contributed by atoms with Gasteiger partial charge in [0.05, 0.1) is 11.0 Å². The molecule has 3 rings (SSSR count). The number of aryl methyl sites for hydroxylation is 2. The SMILES string of the molecule is CCNC(=NCC(=O)N1CCCC1)NCCCn1c(C)nc2ccccc21.I. The number of hydrogen-bond acceptors (Lipinski definition) is 3. The molecule has 1 aromatic carbocycles. The monoisotopic (exact) mass is 498 g/mol. The fraction of sp³-hybridized carbons (Fsp3) is 0.550. The van der Waals surface area contributed by atoms with Crippen molar-refractivity contribution in [2.75, 3.05) is 32.7 Å². The number of hydrogen-bond donors (Lipinski definition) is 2. The molecule has 0 saturated carbocycles. The number of carbonyl (C=O) groups excluding carboxylic acids is 1. The van der Waals surface area contributed by atoms with Gasteiger partial charge < -0.3 is 20.1 Å². The summed E-state index contributed by atoms with van der Waals surface area (Å²) in [6.45, 7) is 8.48. The predicted molar refractivity (Wildman–Crippen MR) is 124 cm³/mol. The number of para-hydroxylation sites is 2. The maximum atomic E-state index is 12.2. The molecule has 154 valence electrons. The third-order valence-corrected chi connectivity index (χ3v) is 4.87. The Morgan fingerprint density at radius 3 is 2.71 bits per heavy atom. The third kappa shape index (κ3) is 5.83. The summed E-state index contributed by atoms with van der Waals surface area (Å²) in [5.74, 6) is 1.86. The van der Waals surface area contributed by atoms with Crippen molar-refractivity contribution in [2.24, 2.45) is 4.99 Å². The van der Waals surface area contributed by atoms with E-state index in [9.17, 15) is 4.79 Å². The molecule has 1 aromatic heterocycles. The highest BCUT2D eigenvalue weighted by Gasteiger charge is 2.17. The van der Waals surface area contributed by atoms with Crippen LogP contribution in [0.2, 0.25) is 0 Å². The molecule has 1 fully saturated rings. The van der Waals surface area contributed by atoms with Crippen LogP contribution < -0.4 is 10.6 Å². The van der Waals surface area contributed by atoms with Crippen molar-refractivity contribution in [1.82, 2.24) is 25.1 Å². The van der Waals surface area contributed by atoms with Gasteiger partial charge in [-0.25, -0.2) is 9.98 Å². The van der Waals surface area contributed by atoms with Gasteiger partial charge in [-0.05, 0) is 45.2 Å². The quantitative estimate of drug-likeness (QED) is 0.266. The standard InChI is InChI=1S/C20H30N6O.HI/c1-3-21-20(23-15-19(27)25-12-6-7-13-25)22-11-8-14-26-16(2)24-17-9-4-5-10-18(17)26;/h4-5,9-10H,3,6-8,11-15H2,1-2H3,(H2,21,22,23);1H. The first-order chi connectivity index (χ1) is 13.2. The fourth-order valence-corrected chi connectivity index (χ4v) is 3.48. The number of rotatable bonds is 7. The van der Waals surface area contributed by atoms with Gasteiger partial charge in [-0.15, -0.1) is 24.0 Å². The Morgan fingerprint density at radius 1 is 1.21 bits per heavy atom. The topological polar surface area (TPSA) is 74.6 Å². The van der Waals surface area contributed by atoms with Crippen LogP contribution in [-0.2, 0) is 11.3 Å². The van der Waals surface area contributed by atoms with E-state index >= 15 is 0 Å². The number of aliphatic imine (C=N–C) groups is 1. The lowest BCUT2D eigenvalue weighted by Gasteiger charge is -2.15. The minimum atomic E-state index is 0. The molecule has 2 N–H and O–H groups in total. The lowest BCUT2D eigenvalue weighted by molar-refractivity contribution is -0.128. The Kier molecular flexibility index (Phi) is 9.01. The Bertz CT molecular complexity index is 797.